The topological polar surface area (TPSA) is 52.9 Å². The molecular weight excluding hydrogens is 287 g/mol. The molecule has 2 rings (SSSR count). The Morgan fingerprint density at radius 2 is 1.95 bits per heavy atom. The minimum atomic E-state index is -0.701. The molecule has 1 saturated carbocycles. The fourth-order valence-corrected chi connectivity index (χ4v) is 3.40. The highest BCUT2D eigenvalue weighted by molar-refractivity contribution is 8.00. The molecule has 1 fully saturated rings. The van der Waals surface area contributed by atoms with Crippen LogP contribution in [0.2, 0.25) is 0 Å². The number of nitrogens with zero attached hydrogens (tertiary/aromatic N) is 1. The van der Waals surface area contributed by atoms with E-state index < -0.39 is 5.54 Å². The summed E-state index contributed by atoms with van der Waals surface area (Å²) in [6.45, 7) is 1.80. The highest BCUT2D eigenvalue weighted by Crippen LogP contribution is 2.29. The maximum atomic E-state index is 12.9. The number of halogens is 1. The summed E-state index contributed by atoms with van der Waals surface area (Å²) in [5.74, 6) is -0.421. The first-order valence-corrected chi connectivity index (χ1v) is 8.08. The Balaban J connectivity index is 1.95. The third-order valence-electron chi connectivity index (χ3n) is 3.78. The van der Waals surface area contributed by atoms with Gasteiger partial charge in [0.05, 0.1) is 11.3 Å². The lowest BCUT2D eigenvalue weighted by molar-refractivity contribution is -0.121. The van der Waals surface area contributed by atoms with E-state index in [9.17, 15) is 14.4 Å². The lowest BCUT2D eigenvalue weighted by atomic mass is 9.83. The van der Waals surface area contributed by atoms with Gasteiger partial charge in [-0.2, -0.15) is 5.26 Å². The van der Waals surface area contributed by atoms with Crippen LogP contribution in [0.4, 0.5) is 4.39 Å². The summed E-state index contributed by atoms with van der Waals surface area (Å²) in [6, 6.07) is 8.36. The van der Waals surface area contributed by atoms with Gasteiger partial charge in [0.25, 0.3) is 0 Å². The monoisotopic (exact) mass is 306 g/mol. The van der Waals surface area contributed by atoms with Crippen LogP contribution in [0.15, 0.2) is 29.2 Å². The second kappa shape index (κ2) is 6.95. The predicted molar refractivity (Wildman–Crippen MR) is 81.3 cm³/mol. The number of carbonyl (C=O) groups excluding carboxylic acids is 1. The van der Waals surface area contributed by atoms with Crippen LogP contribution in [0.25, 0.3) is 0 Å². The molecular formula is C16H19FN2OS. The quantitative estimate of drug-likeness (QED) is 0.864. The zero-order valence-electron chi connectivity index (χ0n) is 12.1. The average Bonchev–Trinajstić information content (AvgIpc) is 2.50. The van der Waals surface area contributed by atoms with Crippen LogP contribution >= 0.6 is 11.8 Å². The molecule has 5 heteroatoms. The Kier molecular flexibility index (Phi) is 5.24. The van der Waals surface area contributed by atoms with E-state index >= 15 is 0 Å². The van der Waals surface area contributed by atoms with E-state index in [0.717, 1.165) is 37.0 Å². The number of hydrogen-bond donors (Lipinski definition) is 1. The number of amides is 1. The van der Waals surface area contributed by atoms with Crippen molar-refractivity contribution in [1.29, 1.82) is 5.26 Å². The Hall–Kier alpha value is -1.54. The zero-order chi connectivity index (χ0) is 15.3. The molecule has 0 aliphatic heterocycles. The number of nitriles is 1. The van der Waals surface area contributed by atoms with Crippen molar-refractivity contribution in [2.75, 3.05) is 0 Å². The molecule has 112 valence electrons. The lowest BCUT2D eigenvalue weighted by Gasteiger charge is -2.32. The van der Waals surface area contributed by atoms with Crippen molar-refractivity contribution in [3.63, 3.8) is 0 Å². The van der Waals surface area contributed by atoms with Gasteiger partial charge in [-0.05, 0) is 44.0 Å². The van der Waals surface area contributed by atoms with Crippen molar-refractivity contribution in [3.8, 4) is 6.07 Å². The molecule has 0 bridgehead atoms. The molecule has 1 aliphatic rings. The molecule has 0 aromatic heterocycles. The first-order valence-electron chi connectivity index (χ1n) is 7.20. The predicted octanol–water partition coefficient (Wildman–Crippen LogP) is 3.65. The van der Waals surface area contributed by atoms with Gasteiger partial charge in [-0.3, -0.25) is 4.79 Å². The van der Waals surface area contributed by atoms with E-state index in [1.165, 1.54) is 23.9 Å². The van der Waals surface area contributed by atoms with E-state index in [1.54, 1.807) is 19.1 Å². The Bertz CT molecular complexity index is 532. The smallest absolute Gasteiger partial charge is 0.234 e. The highest BCUT2D eigenvalue weighted by atomic mass is 32.2. The molecule has 0 saturated heterocycles. The molecule has 1 aromatic rings. The van der Waals surface area contributed by atoms with Crippen LogP contribution in [0.1, 0.15) is 39.0 Å². The van der Waals surface area contributed by atoms with Gasteiger partial charge in [0.2, 0.25) is 5.91 Å². The van der Waals surface area contributed by atoms with E-state index in [1.807, 2.05) is 0 Å². The van der Waals surface area contributed by atoms with Crippen LogP contribution in [0.3, 0.4) is 0 Å². The van der Waals surface area contributed by atoms with E-state index in [2.05, 4.69) is 11.4 Å². The highest BCUT2D eigenvalue weighted by Gasteiger charge is 2.34. The van der Waals surface area contributed by atoms with Gasteiger partial charge in [0.15, 0.2) is 0 Å². The minimum absolute atomic E-state index is 0.132. The lowest BCUT2D eigenvalue weighted by Crippen LogP contribution is -2.50. The molecule has 0 radical (unpaired) electrons. The van der Waals surface area contributed by atoms with Crippen molar-refractivity contribution in [3.05, 3.63) is 30.1 Å². The van der Waals surface area contributed by atoms with Crippen LogP contribution in [-0.2, 0) is 4.79 Å². The molecule has 1 aliphatic carbocycles. The summed E-state index contributed by atoms with van der Waals surface area (Å²) in [5, 5.41) is 12.0. The average molecular weight is 306 g/mol. The van der Waals surface area contributed by atoms with Crippen LogP contribution in [-0.4, -0.2) is 16.7 Å². The van der Waals surface area contributed by atoms with E-state index in [4.69, 9.17) is 0 Å². The molecule has 1 amide bonds. The number of thioether (sulfide) groups is 1. The molecule has 1 N–H and O–H groups in total. The molecule has 0 heterocycles. The third-order valence-corrected chi connectivity index (χ3v) is 4.89. The third kappa shape index (κ3) is 4.21. The SMILES string of the molecule is C[C@H](Sc1ccc(F)cc1)C(=O)NC1(C#N)CCCCC1. The first kappa shape index (κ1) is 15.8. The Morgan fingerprint density at radius 1 is 1.33 bits per heavy atom. The van der Waals surface area contributed by atoms with Gasteiger partial charge >= 0.3 is 0 Å². The molecule has 21 heavy (non-hydrogen) atoms. The minimum Gasteiger partial charge on any atom is -0.337 e. The fourth-order valence-electron chi connectivity index (χ4n) is 2.53. The second-order valence-corrected chi connectivity index (χ2v) is 6.87. The number of nitrogens with one attached hydrogen (secondary N) is 1. The van der Waals surface area contributed by atoms with Crippen LogP contribution in [0.5, 0.6) is 0 Å². The molecule has 1 aromatic carbocycles. The van der Waals surface area contributed by atoms with Crippen molar-refractivity contribution in [2.45, 2.75) is 54.7 Å². The van der Waals surface area contributed by atoms with E-state index in [-0.39, 0.29) is 17.0 Å². The molecule has 0 spiro atoms. The van der Waals surface area contributed by atoms with Gasteiger partial charge in [-0.1, -0.05) is 19.3 Å². The van der Waals surface area contributed by atoms with Gasteiger partial charge in [-0.25, -0.2) is 4.39 Å². The largest absolute Gasteiger partial charge is 0.337 e. The summed E-state index contributed by atoms with van der Waals surface area (Å²) >= 11 is 1.37. The van der Waals surface area contributed by atoms with Crippen molar-refractivity contribution in [2.24, 2.45) is 0 Å². The maximum Gasteiger partial charge on any atom is 0.234 e. The van der Waals surface area contributed by atoms with Gasteiger partial charge in [0, 0.05) is 4.90 Å². The Morgan fingerprint density at radius 3 is 2.52 bits per heavy atom. The number of rotatable bonds is 4. The van der Waals surface area contributed by atoms with Crippen LogP contribution < -0.4 is 5.32 Å². The zero-order valence-corrected chi connectivity index (χ0v) is 12.9. The first-order chi connectivity index (χ1) is 10.0. The molecule has 3 nitrogen and oxygen atoms in total. The van der Waals surface area contributed by atoms with Crippen molar-refractivity contribution >= 4 is 17.7 Å². The van der Waals surface area contributed by atoms with Crippen molar-refractivity contribution < 1.29 is 9.18 Å². The summed E-state index contributed by atoms with van der Waals surface area (Å²) in [6.07, 6.45) is 4.53. The van der Waals surface area contributed by atoms with Crippen molar-refractivity contribution in [1.82, 2.24) is 5.32 Å². The summed E-state index contributed by atoms with van der Waals surface area (Å²) in [7, 11) is 0. The van der Waals surface area contributed by atoms with Gasteiger partial charge < -0.3 is 5.32 Å². The molecule has 1 atom stereocenters. The number of hydrogen-bond acceptors (Lipinski definition) is 3. The van der Waals surface area contributed by atoms with Crippen LogP contribution in [0, 0.1) is 17.1 Å². The fraction of sp³-hybridized carbons (Fsp3) is 0.500. The Labute approximate surface area is 128 Å². The maximum absolute atomic E-state index is 12.9. The molecule has 0 unspecified atom stereocenters. The normalized spacial score (nSPS) is 18.5. The number of benzene rings is 1. The number of carbonyl (C=O) groups is 1. The summed E-state index contributed by atoms with van der Waals surface area (Å²) in [5.41, 5.74) is -0.701. The van der Waals surface area contributed by atoms with Gasteiger partial charge in [0.1, 0.15) is 11.4 Å². The van der Waals surface area contributed by atoms with Gasteiger partial charge in [-0.15, -0.1) is 11.8 Å². The summed E-state index contributed by atoms with van der Waals surface area (Å²) < 4.78 is 12.9. The standard InChI is InChI=1S/C16H19FN2OS/c1-12(21-14-7-5-13(17)6-8-14)15(20)19-16(11-18)9-3-2-4-10-16/h5-8,12H,2-4,9-10H2,1H3,(H,19,20)/t12-/m0/s1. The van der Waals surface area contributed by atoms with E-state index in [0.29, 0.717) is 0 Å². The summed E-state index contributed by atoms with van der Waals surface area (Å²) in [4.78, 5) is 13.1. The second-order valence-electron chi connectivity index (χ2n) is 5.46.